The fourth-order valence-corrected chi connectivity index (χ4v) is 2.36. The fraction of sp³-hybridized carbons (Fsp3) is 0.308. The topological polar surface area (TPSA) is 54.7 Å². The molecule has 1 aliphatic heterocycles. The van der Waals surface area contributed by atoms with E-state index in [9.17, 15) is 9.59 Å². The molecule has 3 heterocycles. The van der Waals surface area contributed by atoms with Crippen LogP contribution in [0.25, 0.3) is 5.65 Å². The van der Waals surface area contributed by atoms with Gasteiger partial charge in [-0.1, -0.05) is 6.07 Å². The molecule has 0 spiro atoms. The molecule has 0 radical (unpaired) electrons. The van der Waals surface area contributed by atoms with Crippen molar-refractivity contribution in [3.8, 4) is 0 Å². The SMILES string of the molecule is O=Cc1c(N2CCCC2)nc2ccccn2c1=O. The molecule has 5 heteroatoms. The summed E-state index contributed by atoms with van der Waals surface area (Å²) >= 11 is 0. The number of fused-ring (bicyclic) bond motifs is 1. The maximum absolute atomic E-state index is 12.2. The van der Waals surface area contributed by atoms with E-state index in [1.54, 1.807) is 18.3 Å². The maximum Gasteiger partial charge on any atom is 0.270 e. The van der Waals surface area contributed by atoms with Gasteiger partial charge in [0.1, 0.15) is 17.0 Å². The number of rotatable bonds is 2. The zero-order valence-corrected chi connectivity index (χ0v) is 9.87. The Balaban J connectivity index is 2.30. The van der Waals surface area contributed by atoms with Gasteiger partial charge in [-0.2, -0.15) is 0 Å². The lowest BCUT2D eigenvalue weighted by atomic mass is 10.3. The zero-order valence-electron chi connectivity index (χ0n) is 9.87. The van der Waals surface area contributed by atoms with E-state index in [4.69, 9.17) is 0 Å². The minimum Gasteiger partial charge on any atom is -0.356 e. The number of nitrogens with zero attached hydrogens (tertiary/aromatic N) is 3. The Morgan fingerprint density at radius 3 is 2.72 bits per heavy atom. The van der Waals surface area contributed by atoms with Crippen LogP contribution < -0.4 is 10.5 Å². The molecule has 18 heavy (non-hydrogen) atoms. The van der Waals surface area contributed by atoms with Crippen molar-refractivity contribution in [2.24, 2.45) is 0 Å². The molecule has 0 bridgehead atoms. The van der Waals surface area contributed by atoms with Gasteiger partial charge in [-0.05, 0) is 25.0 Å². The van der Waals surface area contributed by atoms with Crippen LogP contribution in [0.2, 0.25) is 0 Å². The lowest BCUT2D eigenvalue weighted by molar-refractivity contribution is 0.112. The number of aldehydes is 1. The zero-order chi connectivity index (χ0) is 12.5. The lowest BCUT2D eigenvalue weighted by Gasteiger charge is -2.18. The minimum absolute atomic E-state index is 0.153. The van der Waals surface area contributed by atoms with Crippen LogP contribution >= 0.6 is 0 Å². The van der Waals surface area contributed by atoms with Gasteiger partial charge < -0.3 is 4.90 Å². The molecule has 1 saturated heterocycles. The molecule has 1 aliphatic rings. The van der Waals surface area contributed by atoms with Crippen LogP contribution in [-0.4, -0.2) is 28.8 Å². The molecule has 3 rings (SSSR count). The molecule has 0 N–H and O–H groups in total. The molecule has 92 valence electrons. The third-order valence-corrected chi connectivity index (χ3v) is 3.27. The van der Waals surface area contributed by atoms with E-state index in [0.29, 0.717) is 17.8 Å². The normalized spacial score (nSPS) is 15.2. The van der Waals surface area contributed by atoms with Crippen molar-refractivity contribution < 1.29 is 4.79 Å². The second-order valence-electron chi connectivity index (χ2n) is 4.40. The van der Waals surface area contributed by atoms with E-state index < -0.39 is 0 Å². The number of pyridine rings is 1. The van der Waals surface area contributed by atoms with Crippen molar-refractivity contribution in [1.29, 1.82) is 0 Å². The first-order valence-corrected chi connectivity index (χ1v) is 6.03. The number of anilines is 1. The molecule has 0 atom stereocenters. The van der Waals surface area contributed by atoms with E-state index in [2.05, 4.69) is 4.98 Å². The minimum atomic E-state index is -0.294. The van der Waals surface area contributed by atoms with Gasteiger partial charge >= 0.3 is 0 Å². The van der Waals surface area contributed by atoms with E-state index >= 15 is 0 Å². The molecule has 2 aromatic rings. The van der Waals surface area contributed by atoms with Gasteiger partial charge in [-0.25, -0.2) is 4.98 Å². The molecule has 5 nitrogen and oxygen atoms in total. The number of carbonyl (C=O) groups is 1. The van der Waals surface area contributed by atoms with Crippen LogP contribution in [0.15, 0.2) is 29.2 Å². The fourth-order valence-electron chi connectivity index (χ4n) is 2.36. The van der Waals surface area contributed by atoms with Crippen molar-refractivity contribution in [3.05, 3.63) is 40.3 Å². The first kappa shape index (κ1) is 11.0. The average Bonchev–Trinajstić information content (AvgIpc) is 2.92. The third kappa shape index (κ3) is 1.59. The molecular weight excluding hydrogens is 230 g/mol. The molecule has 0 saturated carbocycles. The predicted octanol–water partition coefficient (Wildman–Crippen LogP) is 1.11. The van der Waals surface area contributed by atoms with Gasteiger partial charge in [0.2, 0.25) is 0 Å². The Bertz CT molecular complexity index is 657. The van der Waals surface area contributed by atoms with Crippen molar-refractivity contribution in [2.75, 3.05) is 18.0 Å². The Morgan fingerprint density at radius 1 is 1.22 bits per heavy atom. The molecule has 2 aromatic heterocycles. The van der Waals surface area contributed by atoms with Crippen LogP contribution in [0.1, 0.15) is 23.2 Å². The van der Waals surface area contributed by atoms with Crippen molar-refractivity contribution in [2.45, 2.75) is 12.8 Å². The second kappa shape index (κ2) is 4.25. The summed E-state index contributed by atoms with van der Waals surface area (Å²) in [7, 11) is 0. The Labute approximate surface area is 104 Å². The van der Waals surface area contributed by atoms with Crippen LogP contribution in [0.5, 0.6) is 0 Å². The summed E-state index contributed by atoms with van der Waals surface area (Å²) in [6.45, 7) is 1.71. The lowest BCUT2D eigenvalue weighted by Crippen LogP contribution is -2.28. The van der Waals surface area contributed by atoms with Gasteiger partial charge in [0.25, 0.3) is 5.56 Å². The van der Waals surface area contributed by atoms with E-state index in [1.807, 2.05) is 11.0 Å². The van der Waals surface area contributed by atoms with Crippen molar-refractivity contribution in [1.82, 2.24) is 9.38 Å². The highest BCUT2D eigenvalue weighted by Gasteiger charge is 2.20. The van der Waals surface area contributed by atoms with Gasteiger partial charge in [0.05, 0.1) is 0 Å². The number of carbonyl (C=O) groups excluding carboxylic acids is 1. The summed E-state index contributed by atoms with van der Waals surface area (Å²) in [6.07, 6.45) is 4.40. The highest BCUT2D eigenvalue weighted by Crippen LogP contribution is 2.19. The second-order valence-corrected chi connectivity index (χ2v) is 4.40. The maximum atomic E-state index is 12.2. The molecule has 0 unspecified atom stereocenters. The molecule has 0 aliphatic carbocycles. The summed E-state index contributed by atoms with van der Waals surface area (Å²) < 4.78 is 1.41. The van der Waals surface area contributed by atoms with Crippen LogP contribution in [0, 0.1) is 0 Å². The van der Waals surface area contributed by atoms with Crippen molar-refractivity contribution >= 4 is 17.8 Å². The predicted molar refractivity (Wildman–Crippen MR) is 68.3 cm³/mol. The van der Waals surface area contributed by atoms with Crippen LogP contribution in [0.3, 0.4) is 0 Å². The smallest absolute Gasteiger partial charge is 0.270 e. The average molecular weight is 243 g/mol. The Kier molecular flexibility index (Phi) is 2.59. The van der Waals surface area contributed by atoms with Crippen molar-refractivity contribution in [3.63, 3.8) is 0 Å². The van der Waals surface area contributed by atoms with E-state index in [1.165, 1.54) is 4.40 Å². The molecule has 1 fully saturated rings. The van der Waals surface area contributed by atoms with Gasteiger partial charge in [0, 0.05) is 19.3 Å². The highest BCUT2D eigenvalue weighted by molar-refractivity contribution is 5.83. The number of aromatic nitrogens is 2. The van der Waals surface area contributed by atoms with E-state index in [0.717, 1.165) is 25.9 Å². The van der Waals surface area contributed by atoms with Gasteiger partial charge in [-0.3, -0.25) is 14.0 Å². The summed E-state index contributed by atoms with van der Waals surface area (Å²) in [4.78, 5) is 29.8. The summed E-state index contributed by atoms with van der Waals surface area (Å²) in [6, 6.07) is 5.35. The Morgan fingerprint density at radius 2 is 2.00 bits per heavy atom. The first-order valence-electron chi connectivity index (χ1n) is 6.03. The van der Waals surface area contributed by atoms with Crippen LogP contribution in [-0.2, 0) is 0 Å². The number of hydrogen-bond donors (Lipinski definition) is 0. The first-order chi connectivity index (χ1) is 8.81. The van der Waals surface area contributed by atoms with Gasteiger partial charge in [-0.15, -0.1) is 0 Å². The molecule has 0 aromatic carbocycles. The highest BCUT2D eigenvalue weighted by atomic mass is 16.1. The largest absolute Gasteiger partial charge is 0.356 e. The quantitative estimate of drug-likeness (QED) is 0.741. The van der Waals surface area contributed by atoms with E-state index in [-0.39, 0.29) is 11.1 Å². The van der Waals surface area contributed by atoms with Crippen LogP contribution in [0.4, 0.5) is 5.82 Å². The molecular formula is C13H13N3O2. The molecule has 0 amide bonds. The van der Waals surface area contributed by atoms with Gasteiger partial charge in [0.15, 0.2) is 6.29 Å². The standard InChI is InChI=1S/C13H13N3O2/c17-9-10-12(15-6-3-4-7-15)14-11-5-1-2-8-16(11)13(10)18/h1-2,5,8-9H,3-4,6-7H2. The number of hydrogen-bond acceptors (Lipinski definition) is 4. The summed E-state index contributed by atoms with van der Waals surface area (Å²) in [5, 5.41) is 0. The monoisotopic (exact) mass is 243 g/mol. The third-order valence-electron chi connectivity index (χ3n) is 3.27. The summed E-state index contributed by atoms with van der Waals surface area (Å²) in [5.74, 6) is 0.527. The summed E-state index contributed by atoms with van der Waals surface area (Å²) in [5.41, 5.74) is 0.438. The Hall–Kier alpha value is -2.17.